The highest BCUT2D eigenvalue weighted by Crippen LogP contribution is 2.30. The largest absolute Gasteiger partial charge is 0.383 e. The topological polar surface area (TPSA) is 128 Å². The quantitative estimate of drug-likeness (QED) is 0.649. The van der Waals surface area contributed by atoms with Crippen molar-refractivity contribution in [3.05, 3.63) is 40.5 Å². The summed E-state index contributed by atoms with van der Waals surface area (Å²) in [7, 11) is 0. The number of rotatable bonds is 4. The first-order chi connectivity index (χ1) is 12.9. The van der Waals surface area contributed by atoms with Crippen molar-refractivity contribution >= 4 is 50.2 Å². The fraction of sp³-hybridized carbons (Fsp3) is 0.167. The number of thiazole rings is 1. The van der Waals surface area contributed by atoms with Gasteiger partial charge in [-0.15, -0.1) is 0 Å². The number of hydrogen-bond acceptors (Lipinski definition) is 8. The average Bonchev–Trinajstić information content (AvgIpc) is 3.04. The molecule has 0 spiro atoms. The Balaban J connectivity index is 1.75. The van der Waals surface area contributed by atoms with Gasteiger partial charge in [0.25, 0.3) is 0 Å². The van der Waals surface area contributed by atoms with E-state index in [0.717, 1.165) is 27.5 Å². The number of nitrogens with one attached hydrogen (secondary N) is 1. The van der Waals surface area contributed by atoms with Gasteiger partial charge in [0.05, 0.1) is 27.1 Å². The van der Waals surface area contributed by atoms with Crippen molar-refractivity contribution in [2.24, 2.45) is 0 Å². The number of hydrogen-bond donors (Lipinski definition) is 2. The second-order valence-corrected chi connectivity index (χ2v) is 7.67. The summed E-state index contributed by atoms with van der Waals surface area (Å²) in [5.74, 6) is -0.164. The van der Waals surface area contributed by atoms with Crippen molar-refractivity contribution < 1.29 is 4.79 Å². The molecule has 1 amide bonds. The summed E-state index contributed by atoms with van der Waals surface area (Å²) in [5, 5.41) is 22.1. The van der Waals surface area contributed by atoms with Crippen LogP contribution in [0.1, 0.15) is 22.3 Å². The smallest absolute Gasteiger partial charge is 0.236 e. The number of nitrogen functional groups attached to an aromatic ring is 1. The van der Waals surface area contributed by atoms with E-state index in [-0.39, 0.29) is 28.6 Å². The second-order valence-electron chi connectivity index (χ2n) is 5.68. The lowest BCUT2D eigenvalue weighted by Crippen LogP contribution is -2.14. The van der Waals surface area contributed by atoms with E-state index < -0.39 is 0 Å². The van der Waals surface area contributed by atoms with Crippen molar-refractivity contribution in [2.75, 3.05) is 16.8 Å². The van der Waals surface area contributed by atoms with E-state index in [2.05, 4.69) is 15.3 Å². The van der Waals surface area contributed by atoms with Crippen molar-refractivity contribution in [2.45, 2.75) is 18.9 Å². The van der Waals surface area contributed by atoms with E-state index in [9.17, 15) is 10.1 Å². The maximum atomic E-state index is 12.3. The predicted molar refractivity (Wildman–Crippen MR) is 107 cm³/mol. The number of carbonyl (C=O) groups excluding carboxylic acids is 1. The summed E-state index contributed by atoms with van der Waals surface area (Å²) < 4.78 is 1.00. The highest BCUT2D eigenvalue weighted by molar-refractivity contribution is 8.00. The van der Waals surface area contributed by atoms with Gasteiger partial charge in [0.2, 0.25) is 5.91 Å². The first-order valence-electron chi connectivity index (χ1n) is 7.83. The van der Waals surface area contributed by atoms with E-state index in [4.69, 9.17) is 11.0 Å². The summed E-state index contributed by atoms with van der Waals surface area (Å²) in [6, 6.07) is 9.85. The van der Waals surface area contributed by atoms with Crippen LogP contribution in [0, 0.1) is 36.5 Å². The van der Waals surface area contributed by atoms with Gasteiger partial charge in [0.15, 0.2) is 5.13 Å². The molecule has 3 rings (SSSR count). The molecule has 0 atom stereocenters. The number of carbonyl (C=O) groups is 1. The van der Waals surface area contributed by atoms with Crippen LogP contribution in [-0.4, -0.2) is 21.6 Å². The molecule has 9 heteroatoms. The SMILES string of the molecule is Cc1c(C#N)c(N)nc(SCC(=O)Nc2nc3c(C)cccc3s2)c1C#N. The van der Waals surface area contributed by atoms with Gasteiger partial charge >= 0.3 is 0 Å². The third-order valence-electron chi connectivity index (χ3n) is 3.87. The van der Waals surface area contributed by atoms with Gasteiger partial charge in [0, 0.05) is 0 Å². The van der Waals surface area contributed by atoms with Crippen molar-refractivity contribution in [1.82, 2.24) is 9.97 Å². The molecule has 3 aromatic rings. The van der Waals surface area contributed by atoms with Crippen molar-refractivity contribution in [3.8, 4) is 12.1 Å². The van der Waals surface area contributed by atoms with Gasteiger partial charge in [0.1, 0.15) is 23.0 Å². The number of pyridine rings is 1. The third kappa shape index (κ3) is 3.70. The fourth-order valence-electron chi connectivity index (χ4n) is 2.50. The van der Waals surface area contributed by atoms with E-state index >= 15 is 0 Å². The minimum Gasteiger partial charge on any atom is -0.383 e. The normalized spacial score (nSPS) is 10.4. The Morgan fingerprint density at radius 1 is 1.26 bits per heavy atom. The minimum absolute atomic E-state index is 0.0430. The average molecular weight is 394 g/mol. The highest BCUT2D eigenvalue weighted by atomic mass is 32.2. The van der Waals surface area contributed by atoms with Gasteiger partial charge in [-0.1, -0.05) is 35.2 Å². The number of amides is 1. The Labute approximate surface area is 163 Å². The molecular weight excluding hydrogens is 380 g/mol. The van der Waals surface area contributed by atoms with Gasteiger partial charge < -0.3 is 11.1 Å². The highest BCUT2D eigenvalue weighted by Gasteiger charge is 2.17. The summed E-state index contributed by atoms with van der Waals surface area (Å²) in [5.41, 5.74) is 8.61. The first-order valence-corrected chi connectivity index (χ1v) is 9.64. The summed E-state index contributed by atoms with van der Waals surface area (Å²) in [4.78, 5) is 20.8. The van der Waals surface area contributed by atoms with Gasteiger partial charge in [-0.05, 0) is 31.0 Å². The number of benzene rings is 1. The molecule has 0 aliphatic heterocycles. The number of nitrogens with zero attached hydrogens (tertiary/aromatic N) is 4. The lowest BCUT2D eigenvalue weighted by molar-refractivity contribution is -0.113. The van der Waals surface area contributed by atoms with E-state index in [1.807, 2.05) is 37.3 Å². The standard InChI is InChI=1S/C18H14N6OS2/c1-9-4-3-5-13-15(9)23-18(27-13)22-14(25)8-26-17-12(7-20)10(2)11(6-19)16(21)24-17/h3-5H,8H2,1-2H3,(H2,21,24)(H,22,23,25). The Morgan fingerprint density at radius 2 is 2.00 bits per heavy atom. The molecule has 27 heavy (non-hydrogen) atoms. The number of anilines is 2. The molecule has 0 bridgehead atoms. The summed E-state index contributed by atoms with van der Waals surface area (Å²) in [6.07, 6.45) is 0. The Hall–Kier alpha value is -3.14. The van der Waals surface area contributed by atoms with Crippen LogP contribution in [0.2, 0.25) is 0 Å². The Bertz CT molecular complexity index is 1140. The molecule has 1 aromatic carbocycles. The van der Waals surface area contributed by atoms with Crippen LogP contribution in [0.4, 0.5) is 10.9 Å². The molecule has 2 heterocycles. The number of para-hydroxylation sites is 1. The molecule has 0 aliphatic carbocycles. The molecule has 0 saturated heterocycles. The molecule has 134 valence electrons. The Kier molecular flexibility index (Phi) is 5.26. The molecule has 0 radical (unpaired) electrons. The molecule has 0 unspecified atom stereocenters. The van der Waals surface area contributed by atoms with Crippen LogP contribution in [-0.2, 0) is 4.79 Å². The maximum Gasteiger partial charge on any atom is 0.236 e. The molecule has 0 fully saturated rings. The minimum atomic E-state index is -0.261. The van der Waals surface area contributed by atoms with E-state index in [0.29, 0.717) is 15.7 Å². The van der Waals surface area contributed by atoms with Crippen molar-refractivity contribution in [1.29, 1.82) is 10.5 Å². The van der Waals surface area contributed by atoms with Gasteiger partial charge in [-0.3, -0.25) is 4.79 Å². The molecule has 7 nitrogen and oxygen atoms in total. The number of aryl methyl sites for hydroxylation is 1. The first kappa shape index (κ1) is 18.6. The molecule has 0 aliphatic rings. The second kappa shape index (κ2) is 7.62. The van der Waals surface area contributed by atoms with Crippen LogP contribution >= 0.6 is 23.1 Å². The molecule has 2 aromatic heterocycles. The lowest BCUT2D eigenvalue weighted by atomic mass is 10.1. The third-order valence-corrected chi connectivity index (χ3v) is 5.78. The lowest BCUT2D eigenvalue weighted by Gasteiger charge is -2.09. The summed E-state index contributed by atoms with van der Waals surface area (Å²) >= 11 is 2.50. The molecular formula is C18H14N6OS2. The van der Waals surface area contributed by atoms with Crippen LogP contribution in [0.3, 0.4) is 0 Å². The predicted octanol–water partition coefficient (Wildman–Crippen LogP) is 3.36. The van der Waals surface area contributed by atoms with E-state index in [1.165, 1.54) is 11.3 Å². The summed E-state index contributed by atoms with van der Waals surface area (Å²) in [6.45, 7) is 3.61. The van der Waals surface area contributed by atoms with Crippen LogP contribution in [0.25, 0.3) is 10.2 Å². The number of fused-ring (bicyclic) bond motifs is 1. The monoisotopic (exact) mass is 394 g/mol. The van der Waals surface area contributed by atoms with Gasteiger partial charge in [-0.2, -0.15) is 10.5 Å². The fourth-order valence-corrected chi connectivity index (χ4v) is 4.31. The molecule has 0 saturated carbocycles. The number of nitriles is 2. The van der Waals surface area contributed by atoms with Crippen LogP contribution < -0.4 is 11.1 Å². The zero-order valence-corrected chi connectivity index (χ0v) is 16.2. The van der Waals surface area contributed by atoms with E-state index in [1.54, 1.807) is 6.92 Å². The zero-order valence-electron chi connectivity index (χ0n) is 14.5. The number of aromatic nitrogens is 2. The zero-order chi connectivity index (χ0) is 19.6. The number of thioether (sulfide) groups is 1. The maximum absolute atomic E-state index is 12.3. The van der Waals surface area contributed by atoms with Gasteiger partial charge in [-0.25, -0.2) is 9.97 Å². The Morgan fingerprint density at radius 3 is 2.67 bits per heavy atom. The van der Waals surface area contributed by atoms with Crippen molar-refractivity contribution in [3.63, 3.8) is 0 Å². The van der Waals surface area contributed by atoms with Crippen LogP contribution in [0.5, 0.6) is 0 Å². The number of nitrogens with two attached hydrogens (primary N) is 1. The molecule has 3 N–H and O–H groups in total. The van der Waals surface area contributed by atoms with Crippen LogP contribution in [0.15, 0.2) is 23.2 Å².